The number of hydrogen-bond acceptors (Lipinski definition) is 7. The fourth-order valence-electron chi connectivity index (χ4n) is 4.66. The molecular formula is C28H36ClN3O5. The highest BCUT2D eigenvalue weighted by Crippen LogP contribution is 2.31. The van der Waals surface area contributed by atoms with E-state index in [0.717, 1.165) is 29.7 Å². The molecule has 0 bridgehead atoms. The van der Waals surface area contributed by atoms with Crippen LogP contribution in [0.2, 0.25) is 5.02 Å². The molecule has 0 aliphatic carbocycles. The van der Waals surface area contributed by atoms with Crippen molar-refractivity contribution < 1.29 is 24.4 Å². The second-order valence-corrected chi connectivity index (χ2v) is 10.1. The van der Waals surface area contributed by atoms with Crippen molar-refractivity contribution in [3.8, 4) is 17.2 Å². The number of ether oxygens (including phenoxy) is 3. The van der Waals surface area contributed by atoms with Crippen molar-refractivity contribution in [1.82, 2.24) is 14.5 Å². The van der Waals surface area contributed by atoms with Crippen LogP contribution in [0.15, 0.2) is 49.1 Å². The number of aryl methyl sites for hydroxylation is 3. The molecular weight excluding hydrogens is 494 g/mol. The molecule has 0 radical (unpaired) electrons. The molecule has 2 aromatic carbocycles. The van der Waals surface area contributed by atoms with Crippen LogP contribution < -0.4 is 14.2 Å². The molecule has 2 heterocycles. The Morgan fingerprint density at radius 2 is 1.92 bits per heavy atom. The van der Waals surface area contributed by atoms with Crippen LogP contribution in [0.1, 0.15) is 29.5 Å². The van der Waals surface area contributed by atoms with Gasteiger partial charge in [-0.15, -0.1) is 0 Å². The minimum absolute atomic E-state index is 0.0135. The van der Waals surface area contributed by atoms with Crippen molar-refractivity contribution in [2.75, 3.05) is 33.4 Å². The number of hydrogen-bond donors (Lipinski definition) is 2. The van der Waals surface area contributed by atoms with E-state index in [2.05, 4.69) is 9.88 Å². The molecule has 1 aliphatic heterocycles. The Morgan fingerprint density at radius 1 is 1.14 bits per heavy atom. The average molecular weight is 530 g/mol. The standard InChI is InChI=1S/C28H36ClN3O5/c1-20-13-23(14-21(2)27(20)29)37-18-28(34)17-32(10-7-26(28)33)16-22-5-6-24(25(15-22)35-3)36-12-4-9-31-11-8-30-19-31/h5-6,8,11,13-15,19,26,33-34H,4,7,9-10,12,16-18H2,1-3H3/t26-,28-/m0/s1. The predicted octanol–water partition coefficient (Wildman–Crippen LogP) is 4.01. The Labute approximate surface area is 223 Å². The number of piperidine rings is 1. The molecule has 3 aromatic rings. The SMILES string of the molecule is COc1cc(CN2CC[C@H](O)[C@@](O)(COc3cc(C)c(Cl)c(C)c3)C2)ccc1OCCCn1ccnc1. The lowest BCUT2D eigenvalue weighted by atomic mass is 9.90. The molecule has 200 valence electrons. The molecule has 0 spiro atoms. The van der Waals surface area contributed by atoms with Crippen molar-refractivity contribution in [3.63, 3.8) is 0 Å². The number of methoxy groups -OCH3 is 1. The Hall–Kier alpha value is -2.78. The molecule has 1 fully saturated rings. The third-order valence-corrected chi connectivity index (χ3v) is 7.34. The second-order valence-electron chi connectivity index (χ2n) is 9.77. The van der Waals surface area contributed by atoms with Gasteiger partial charge in [0.25, 0.3) is 0 Å². The quantitative estimate of drug-likeness (QED) is 0.363. The van der Waals surface area contributed by atoms with Gasteiger partial charge in [0.15, 0.2) is 11.5 Å². The summed E-state index contributed by atoms with van der Waals surface area (Å²) in [6.45, 7) is 6.78. The zero-order valence-electron chi connectivity index (χ0n) is 21.7. The molecule has 0 amide bonds. The van der Waals surface area contributed by atoms with Crippen LogP contribution in [-0.4, -0.2) is 69.8 Å². The van der Waals surface area contributed by atoms with E-state index in [1.165, 1.54) is 0 Å². The zero-order valence-corrected chi connectivity index (χ0v) is 22.4. The number of imidazole rings is 1. The summed E-state index contributed by atoms with van der Waals surface area (Å²) in [5, 5.41) is 22.6. The minimum atomic E-state index is -1.39. The molecule has 37 heavy (non-hydrogen) atoms. The summed E-state index contributed by atoms with van der Waals surface area (Å²) in [5.41, 5.74) is 1.47. The van der Waals surface area contributed by atoms with Gasteiger partial charge in [-0.1, -0.05) is 17.7 Å². The number of benzene rings is 2. The van der Waals surface area contributed by atoms with E-state index in [9.17, 15) is 10.2 Å². The normalized spacial score (nSPS) is 20.1. The molecule has 1 aromatic heterocycles. The smallest absolute Gasteiger partial charge is 0.161 e. The van der Waals surface area contributed by atoms with E-state index in [-0.39, 0.29) is 13.2 Å². The summed E-state index contributed by atoms with van der Waals surface area (Å²) in [5.74, 6) is 2.00. The van der Waals surface area contributed by atoms with E-state index in [4.69, 9.17) is 25.8 Å². The second kappa shape index (κ2) is 12.2. The molecule has 2 atom stereocenters. The minimum Gasteiger partial charge on any atom is -0.493 e. The van der Waals surface area contributed by atoms with E-state index >= 15 is 0 Å². The van der Waals surface area contributed by atoms with Gasteiger partial charge in [-0.3, -0.25) is 4.90 Å². The maximum atomic E-state index is 11.3. The lowest BCUT2D eigenvalue weighted by Gasteiger charge is -2.42. The maximum absolute atomic E-state index is 11.3. The van der Waals surface area contributed by atoms with Crippen LogP contribution in [0.3, 0.4) is 0 Å². The number of aromatic nitrogens is 2. The van der Waals surface area contributed by atoms with Crippen LogP contribution in [0.5, 0.6) is 17.2 Å². The summed E-state index contributed by atoms with van der Waals surface area (Å²) in [4.78, 5) is 6.17. The van der Waals surface area contributed by atoms with E-state index in [1.807, 2.05) is 54.9 Å². The topological polar surface area (TPSA) is 89.2 Å². The van der Waals surface area contributed by atoms with E-state index in [1.54, 1.807) is 19.6 Å². The Bertz CT molecular complexity index is 1150. The highest BCUT2D eigenvalue weighted by molar-refractivity contribution is 6.32. The van der Waals surface area contributed by atoms with Gasteiger partial charge in [0.05, 0.1) is 26.1 Å². The van der Waals surface area contributed by atoms with Crippen LogP contribution in [0, 0.1) is 13.8 Å². The number of rotatable bonds is 11. The molecule has 4 rings (SSSR count). The molecule has 2 N–H and O–H groups in total. The molecule has 8 nitrogen and oxygen atoms in total. The first-order valence-electron chi connectivity index (χ1n) is 12.6. The lowest BCUT2D eigenvalue weighted by molar-refractivity contribution is -0.140. The van der Waals surface area contributed by atoms with Crippen molar-refractivity contribution in [2.45, 2.75) is 51.5 Å². The van der Waals surface area contributed by atoms with Crippen LogP contribution >= 0.6 is 11.6 Å². The van der Waals surface area contributed by atoms with Gasteiger partial charge < -0.3 is 29.0 Å². The Kier molecular flexibility index (Phi) is 8.97. The van der Waals surface area contributed by atoms with Gasteiger partial charge in [0.2, 0.25) is 0 Å². The third kappa shape index (κ3) is 6.96. The van der Waals surface area contributed by atoms with Gasteiger partial charge in [-0.05, 0) is 67.6 Å². The van der Waals surface area contributed by atoms with Gasteiger partial charge in [-0.25, -0.2) is 4.98 Å². The number of nitrogens with zero attached hydrogens (tertiary/aromatic N) is 3. The van der Waals surface area contributed by atoms with Crippen LogP contribution in [0.25, 0.3) is 0 Å². The van der Waals surface area contributed by atoms with Crippen LogP contribution in [0.4, 0.5) is 0 Å². The zero-order chi connectivity index (χ0) is 26.4. The van der Waals surface area contributed by atoms with Crippen molar-refractivity contribution in [1.29, 1.82) is 0 Å². The maximum Gasteiger partial charge on any atom is 0.161 e. The summed E-state index contributed by atoms with van der Waals surface area (Å²) >= 11 is 6.26. The Balaban J connectivity index is 1.34. The van der Waals surface area contributed by atoms with Gasteiger partial charge in [0.1, 0.15) is 18.0 Å². The average Bonchev–Trinajstić information content (AvgIpc) is 3.40. The fourth-order valence-corrected chi connectivity index (χ4v) is 4.76. The predicted molar refractivity (Wildman–Crippen MR) is 143 cm³/mol. The summed E-state index contributed by atoms with van der Waals surface area (Å²) in [7, 11) is 1.63. The summed E-state index contributed by atoms with van der Waals surface area (Å²) < 4.78 is 19.5. The molecule has 9 heteroatoms. The van der Waals surface area contributed by atoms with Gasteiger partial charge >= 0.3 is 0 Å². The molecule has 1 aliphatic rings. The Morgan fingerprint density at radius 3 is 2.62 bits per heavy atom. The number of halogens is 1. The highest BCUT2D eigenvalue weighted by atomic mass is 35.5. The third-order valence-electron chi connectivity index (χ3n) is 6.75. The first-order valence-corrected chi connectivity index (χ1v) is 12.9. The molecule has 0 unspecified atom stereocenters. The van der Waals surface area contributed by atoms with Gasteiger partial charge in [0, 0.05) is 43.6 Å². The van der Waals surface area contributed by atoms with Gasteiger partial charge in [-0.2, -0.15) is 0 Å². The number of aliphatic hydroxyl groups excluding tert-OH is 1. The van der Waals surface area contributed by atoms with Crippen molar-refractivity contribution in [3.05, 3.63) is 70.8 Å². The van der Waals surface area contributed by atoms with E-state index in [0.29, 0.717) is 48.4 Å². The monoisotopic (exact) mass is 529 g/mol. The number of β-amino-alcohol motifs (C(OH)–C–C–N with tert-alkyl or cyclic N) is 1. The summed E-state index contributed by atoms with van der Waals surface area (Å²) in [6, 6.07) is 9.59. The van der Waals surface area contributed by atoms with Crippen LogP contribution in [-0.2, 0) is 13.1 Å². The fraction of sp³-hybridized carbons (Fsp3) is 0.464. The van der Waals surface area contributed by atoms with Crippen molar-refractivity contribution in [2.24, 2.45) is 0 Å². The molecule has 1 saturated heterocycles. The van der Waals surface area contributed by atoms with Crippen molar-refractivity contribution >= 4 is 11.6 Å². The first kappa shape index (κ1) is 27.3. The highest BCUT2D eigenvalue weighted by Gasteiger charge is 2.42. The summed E-state index contributed by atoms with van der Waals surface area (Å²) in [6.07, 6.45) is 5.93. The van der Waals surface area contributed by atoms with E-state index < -0.39 is 11.7 Å². The number of likely N-dealkylation sites (tertiary alicyclic amines) is 1. The first-order chi connectivity index (χ1) is 17.8. The lowest BCUT2D eigenvalue weighted by Crippen LogP contribution is -2.59. The largest absolute Gasteiger partial charge is 0.493 e. The number of aliphatic hydroxyl groups is 2. The molecule has 0 saturated carbocycles.